The highest BCUT2D eigenvalue weighted by Gasteiger charge is 2.20. The second-order valence-electron chi connectivity index (χ2n) is 5.06. The molecule has 0 radical (unpaired) electrons. The fraction of sp³-hybridized carbons (Fsp3) is 0.615. The van der Waals surface area contributed by atoms with E-state index in [2.05, 4.69) is 16.9 Å². The van der Waals surface area contributed by atoms with Gasteiger partial charge in [-0.2, -0.15) is 4.98 Å². The molecule has 0 bridgehead atoms. The van der Waals surface area contributed by atoms with E-state index >= 15 is 0 Å². The Bertz CT molecular complexity index is 507. The Hall–Kier alpha value is -1.30. The van der Waals surface area contributed by atoms with Crippen LogP contribution in [0.1, 0.15) is 25.5 Å². The third kappa shape index (κ3) is 4.09. The molecule has 104 valence electrons. The molecule has 1 aliphatic rings. The molecule has 1 aliphatic heterocycles. The predicted molar refractivity (Wildman–Crippen MR) is 75.3 cm³/mol. The minimum absolute atomic E-state index is 0.136. The summed E-state index contributed by atoms with van der Waals surface area (Å²) in [5, 5.41) is 0.611. The van der Waals surface area contributed by atoms with Crippen LogP contribution < -0.4 is 5.69 Å². The Morgan fingerprint density at radius 3 is 2.84 bits per heavy atom. The smallest absolute Gasteiger partial charge is 0.342 e. The van der Waals surface area contributed by atoms with Crippen LogP contribution in [0.15, 0.2) is 15.9 Å². The molecular weight excluding hydrogens is 262 g/mol. The van der Waals surface area contributed by atoms with Crippen LogP contribution in [0, 0.1) is 12.8 Å². The number of nitrogens with zero attached hydrogens (tertiary/aromatic N) is 2. The summed E-state index contributed by atoms with van der Waals surface area (Å²) in [6.07, 6.45) is 2.16. The lowest BCUT2D eigenvalue weighted by Gasteiger charge is -2.30. The largest absolute Gasteiger partial charge is 0.346 e. The van der Waals surface area contributed by atoms with Crippen molar-refractivity contribution in [2.45, 2.75) is 31.7 Å². The topological polar surface area (TPSA) is 66.1 Å². The van der Waals surface area contributed by atoms with Gasteiger partial charge in [0, 0.05) is 18.8 Å². The van der Waals surface area contributed by atoms with Crippen molar-refractivity contribution in [3.8, 4) is 0 Å². The van der Waals surface area contributed by atoms with Crippen molar-refractivity contribution < 1.29 is 4.79 Å². The molecule has 6 heteroatoms. The van der Waals surface area contributed by atoms with Gasteiger partial charge >= 0.3 is 5.69 Å². The van der Waals surface area contributed by atoms with E-state index < -0.39 is 0 Å². The maximum absolute atomic E-state index is 12.0. The minimum Gasteiger partial charge on any atom is -0.342 e. The first-order valence-corrected chi connectivity index (χ1v) is 7.51. The lowest BCUT2D eigenvalue weighted by atomic mass is 9.99. The van der Waals surface area contributed by atoms with E-state index in [0.717, 1.165) is 31.6 Å². The number of H-pyrrole nitrogens is 1. The molecular formula is C13H19N3O2S. The molecule has 2 rings (SSSR count). The van der Waals surface area contributed by atoms with Crippen LogP contribution in [0.5, 0.6) is 0 Å². The first-order valence-electron chi connectivity index (χ1n) is 6.53. The van der Waals surface area contributed by atoms with Crippen LogP contribution in [-0.4, -0.2) is 39.6 Å². The molecule has 19 heavy (non-hydrogen) atoms. The molecule has 0 aromatic carbocycles. The standard InChI is InChI=1S/C13H19N3O2S/c1-9-3-5-16(6-4-9)12(17)8-19-11-7-10(2)14-13(18)15-11/h7,9H,3-6,8H2,1-2H3,(H,14,15,18). The second kappa shape index (κ2) is 6.23. The number of rotatable bonds is 3. The average molecular weight is 281 g/mol. The number of carbonyl (C=O) groups excluding carboxylic acids is 1. The number of amides is 1. The highest BCUT2D eigenvalue weighted by Crippen LogP contribution is 2.19. The molecule has 1 saturated heterocycles. The molecule has 0 unspecified atom stereocenters. The molecule has 0 saturated carbocycles. The van der Waals surface area contributed by atoms with E-state index in [-0.39, 0.29) is 11.6 Å². The second-order valence-corrected chi connectivity index (χ2v) is 6.06. The lowest BCUT2D eigenvalue weighted by Crippen LogP contribution is -2.38. The van der Waals surface area contributed by atoms with Gasteiger partial charge in [0.2, 0.25) is 5.91 Å². The fourth-order valence-electron chi connectivity index (χ4n) is 2.11. The van der Waals surface area contributed by atoms with E-state index in [0.29, 0.717) is 16.7 Å². The number of aromatic nitrogens is 2. The van der Waals surface area contributed by atoms with E-state index in [1.54, 1.807) is 13.0 Å². The molecule has 0 spiro atoms. The molecule has 0 aliphatic carbocycles. The van der Waals surface area contributed by atoms with Crippen LogP contribution in [0.2, 0.25) is 0 Å². The maximum Gasteiger partial charge on any atom is 0.346 e. The number of hydrogen-bond donors (Lipinski definition) is 1. The van der Waals surface area contributed by atoms with E-state index in [1.165, 1.54) is 11.8 Å². The van der Waals surface area contributed by atoms with Crippen molar-refractivity contribution >= 4 is 17.7 Å². The van der Waals surface area contributed by atoms with Gasteiger partial charge in [-0.3, -0.25) is 4.79 Å². The number of nitrogens with one attached hydrogen (secondary N) is 1. The van der Waals surface area contributed by atoms with Gasteiger partial charge in [-0.25, -0.2) is 4.79 Å². The van der Waals surface area contributed by atoms with Crippen LogP contribution in [0.3, 0.4) is 0 Å². The fourth-order valence-corrected chi connectivity index (χ4v) is 2.97. The zero-order valence-electron chi connectivity index (χ0n) is 11.3. The number of piperidine rings is 1. The van der Waals surface area contributed by atoms with Gasteiger partial charge in [0.1, 0.15) is 5.03 Å². The van der Waals surface area contributed by atoms with Crippen LogP contribution in [0.4, 0.5) is 0 Å². The summed E-state index contributed by atoms with van der Waals surface area (Å²) in [6.45, 7) is 5.73. The van der Waals surface area contributed by atoms with Crippen molar-refractivity contribution in [1.82, 2.24) is 14.9 Å². The normalized spacial score (nSPS) is 16.6. The Kier molecular flexibility index (Phi) is 4.63. The number of aromatic amines is 1. The zero-order valence-corrected chi connectivity index (χ0v) is 12.1. The van der Waals surface area contributed by atoms with Crippen molar-refractivity contribution in [3.63, 3.8) is 0 Å². The molecule has 2 heterocycles. The Morgan fingerprint density at radius 2 is 2.21 bits per heavy atom. The number of thioether (sulfide) groups is 1. The first-order chi connectivity index (χ1) is 9.04. The molecule has 1 fully saturated rings. The summed E-state index contributed by atoms with van der Waals surface area (Å²) < 4.78 is 0. The third-order valence-electron chi connectivity index (χ3n) is 3.34. The van der Waals surface area contributed by atoms with Crippen molar-refractivity contribution in [1.29, 1.82) is 0 Å². The summed E-state index contributed by atoms with van der Waals surface area (Å²) in [6, 6.07) is 1.79. The molecule has 1 amide bonds. The lowest BCUT2D eigenvalue weighted by molar-refractivity contribution is -0.129. The van der Waals surface area contributed by atoms with Gasteiger partial charge in [-0.05, 0) is 31.7 Å². The van der Waals surface area contributed by atoms with Gasteiger partial charge in [0.25, 0.3) is 0 Å². The zero-order chi connectivity index (χ0) is 13.8. The van der Waals surface area contributed by atoms with Crippen LogP contribution >= 0.6 is 11.8 Å². The Morgan fingerprint density at radius 1 is 1.53 bits per heavy atom. The SMILES string of the molecule is Cc1cc(SCC(=O)N2CCC(C)CC2)nc(=O)[nH]1. The van der Waals surface area contributed by atoms with Crippen molar-refractivity contribution in [2.24, 2.45) is 5.92 Å². The minimum atomic E-state index is -0.359. The van der Waals surface area contributed by atoms with Crippen LogP contribution in [0.25, 0.3) is 0 Å². The highest BCUT2D eigenvalue weighted by atomic mass is 32.2. The number of carbonyl (C=O) groups is 1. The van der Waals surface area contributed by atoms with Gasteiger partial charge in [0.05, 0.1) is 5.75 Å². The summed E-state index contributed by atoms with van der Waals surface area (Å²) in [5.41, 5.74) is 0.406. The Labute approximate surface area is 116 Å². The average Bonchev–Trinajstić information content (AvgIpc) is 2.36. The predicted octanol–water partition coefficient (Wildman–Crippen LogP) is 1.43. The monoisotopic (exact) mass is 281 g/mol. The number of aryl methyl sites for hydroxylation is 1. The molecule has 5 nitrogen and oxygen atoms in total. The molecule has 0 atom stereocenters. The van der Waals surface area contributed by atoms with E-state index in [4.69, 9.17) is 0 Å². The third-order valence-corrected chi connectivity index (χ3v) is 4.23. The quantitative estimate of drug-likeness (QED) is 0.672. The summed E-state index contributed by atoms with van der Waals surface area (Å²) in [5.74, 6) is 1.20. The van der Waals surface area contributed by atoms with E-state index in [1.807, 2.05) is 4.90 Å². The Balaban J connectivity index is 1.88. The number of likely N-dealkylation sites (tertiary alicyclic amines) is 1. The van der Waals surface area contributed by atoms with Crippen molar-refractivity contribution in [2.75, 3.05) is 18.8 Å². The highest BCUT2D eigenvalue weighted by molar-refractivity contribution is 7.99. The van der Waals surface area contributed by atoms with Crippen LogP contribution in [-0.2, 0) is 4.79 Å². The first kappa shape index (κ1) is 14.1. The van der Waals surface area contributed by atoms with Gasteiger partial charge in [-0.1, -0.05) is 18.7 Å². The van der Waals surface area contributed by atoms with Gasteiger partial charge in [-0.15, -0.1) is 0 Å². The molecule has 1 aromatic rings. The summed E-state index contributed by atoms with van der Waals surface area (Å²) in [4.78, 5) is 31.6. The summed E-state index contributed by atoms with van der Waals surface area (Å²) in [7, 11) is 0. The van der Waals surface area contributed by atoms with Gasteiger partial charge in [0.15, 0.2) is 0 Å². The van der Waals surface area contributed by atoms with E-state index in [9.17, 15) is 9.59 Å². The van der Waals surface area contributed by atoms with Crippen molar-refractivity contribution in [3.05, 3.63) is 22.2 Å². The van der Waals surface area contributed by atoms with Gasteiger partial charge < -0.3 is 9.88 Å². The number of hydrogen-bond acceptors (Lipinski definition) is 4. The molecule has 1 aromatic heterocycles. The maximum atomic E-state index is 12.0. The molecule has 1 N–H and O–H groups in total. The summed E-state index contributed by atoms with van der Waals surface area (Å²) >= 11 is 1.33.